The van der Waals surface area contributed by atoms with Crippen molar-refractivity contribution in [2.75, 3.05) is 19.8 Å². The van der Waals surface area contributed by atoms with Gasteiger partial charge in [-0.25, -0.2) is 17.9 Å². The minimum atomic E-state index is -3.71. The molecular weight excluding hydrogens is 346 g/mol. The van der Waals surface area contributed by atoms with E-state index in [2.05, 4.69) is 20.7 Å². The lowest BCUT2D eigenvalue weighted by molar-refractivity contribution is 0.0702. The topological polar surface area (TPSA) is 92.7 Å². The molecular formula is C9H12BrNO5S2. The molecule has 0 fully saturated rings. The predicted molar refractivity (Wildman–Crippen MR) is 70.7 cm³/mol. The molecule has 2 N–H and O–H groups in total. The lowest BCUT2D eigenvalue weighted by Crippen LogP contribution is -2.27. The fraction of sp³-hybridized carbons (Fsp3) is 0.444. The van der Waals surface area contributed by atoms with E-state index in [9.17, 15) is 13.2 Å². The summed E-state index contributed by atoms with van der Waals surface area (Å²) in [5.74, 6) is -1.16. The number of nitrogens with one attached hydrogen (secondary N) is 1. The van der Waals surface area contributed by atoms with Crippen LogP contribution in [0.25, 0.3) is 0 Å². The van der Waals surface area contributed by atoms with E-state index in [4.69, 9.17) is 9.84 Å². The van der Waals surface area contributed by atoms with Gasteiger partial charge in [0.1, 0.15) is 9.77 Å². The van der Waals surface area contributed by atoms with Gasteiger partial charge >= 0.3 is 5.97 Å². The van der Waals surface area contributed by atoms with Gasteiger partial charge in [0, 0.05) is 13.2 Å². The Kier molecular flexibility index (Phi) is 5.73. The summed E-state index contributed by atoms with van der Waals surface area (Å²) in [6, 6.07) is 1.13. The Morgan fingerprint density at radius 1 is 1.61 bits per heavy atom. The van der Waals surface area contributed by atoms with Crippen LogP contribution in [0, 0.1) is 0 Å². The Morgan fingerprint density at radius 2 is 2.28 bits per heavy atom. The van der Waals surface area contributed by atoms with Crippen LogP contribution in [0.2, 0.25) is 0 Å². The van der Waals surface area contributed by atoms with E-state index in [1.54, 1.807) is 0 Å². The third-order valence-electron chi connectivity index (χ3n) is 1.90. The second-order valence-electron chi connectivity index (χ2n) is 3.15. The molecule has 1 aromatic heterocycles. The molecule has 1 heterocycles. The molecule has 0 spiro atoms. The average Bonchev–Trinajstić information content (AvgIpc) is 2.68. The number of aromatic carboxylic acids is 1. The van der Waals surface area contributed by atoms with Crippen LogP contribution in [0.5, 0.6) is 0 Å². The molecule has 0 saturated carbocycles. The molecule has 0 bridgehead atoms. The van der Waals surface area contributed by atoms with Gasteiger partial charge in [-0.15, -0.1) is 11.3 Å². The third kappa shape index (κ3) is 4.02. The fourth-order valence-corrected chi connectivity index (χ4v) is 4.53. The molecule has 102 valence electrons. The number of halogens is 1. The molecule has 0 saturated heterocycles. The smallest absolute Gasteiger partial charge is 0.345 e. The minimum absolute atomic E-state index is 0.0351. The van der Waals surface area contributed by atoms with Crippen molar-refractivity contribution in [1.82, 2.24) is 4.72 Å². The van der Waals surface area contributed by atoms with Crippen LogP contribution in [0.4, 0.5) is 0 Å². The van der Waals surface area contributed by atoms with E-state index in [1.807, 2.05) is 6.92 Å². The summed E-state index contributed by atoms with van der Waals surface area (Å²) in [4.78, 5) is 10.6. The van der Waals surface area contributed by atoms with Crippen LogP contribution in [0.1, 0.15) is 16.6 Å². The maximum atomic E-state index is 11.9. The summed E-state index contributed by atoms with van der Waals surface area (Å²) < 4.78 is 31.3. The first-order valence-electron chi connectivity index (χ1n) is 4.98. The summed E-state index contributed by atoms with van der Waals surface area (Å²) in [7, 11) is -3.71. The molecule has 0 aliphatic heterocycles. The number of carboxylic acids is 1. The molecule has 0 aliphatic rings. The lowest BCUT2D eigenvalue weighted by atomic mass is 10.5. The van der Waals surface area contributed by atoms with Crippen LogP contribution in [-0.2, 0) is 14.8 Å². The van der Waals surface area contributed by atoms with Crippen LogP contribution >= 0.6 is 27.3 Å². The molecule has 18 heavy (non-hydrogen) atoms. The standard InChI is InChI=1S/C9H12BrNO5S2/c1-2-16-4-3-11-18(14,15)7-5-6(9(12)13)17-8(7)10/h5,11H,2-4H2,1H3,(H,12,13). The van der Waals surface area contributed by atoms with Crippen molar-refractivity contribution >= 4 is 43.3 Å². The quantitative estimate of drug-likeness (QED) is 0.721. The molecule has 9 heteroatoms. The predicted octanol–water partition coefficient (Wildman–Crippen LogP) is 1.52. The van der Waals surface area contributed by atoms with Gasteiger partial charge in [-0.1, -0.05) is 0 Å². The summed E-state index contributed by atoms with van der Waals surface area (Å²) >= 11 is 3.91. The lowest BCUT2D eigenvalue weighted by Gasteiger charge is -2.05. The molecule has 0 unspecified atom stereocenters. The van der Waals surface area contributed by atoms with Crippen molar-refractivity contribution < 1.29 is 23.1 Å². The Hall–Kier alpha value is -0.480. The summed E-state index contributed by atoms with van der Waals surface area (Å²) in [5, 5.41) is 8.79. The first-order chi connectivity index (χ1) is 8.38. The highest BCUT2D eigenvalue weighted by molar-refractivity contribution is 9.11. The number of carboxylic acid groups (broad SMARTS) is 1. The molecule has 1 aromatic rings. The maximum Gasteiger partial charge on any atom is 0.345 e. The average molecular weight is 358 g/mol. The summed E-state index contributed by atoms with van der Waals surface area (Å²) in [6.07, 6.45) is 0. The molecule has 0 aliphatic carbocycles. The van der Waals surface area contributed by atoms with Crippen molar-refractivity contribution in [2.24, 2.45) is 0 Å². The number of sulfonamides is 1. The third-order valence-corrected chi connectivity index (χ3v) is 5.60. The van der Waals surface area contributed by atoms with Gasteiger partial charge in [0.25, 0.3) is 0 Å². The van der Waals surface area contributed by atoms with Crippen molar-refractivity contribution in [2.45, 2.75) is 11.8 Å². The number of carbonyl (C=O) groups is 1. The highest BCUT2D eigenvalue weighted by Crippen LogP contribution is 2.31. The van der Waals surface area contributed by atoms with Crippen molar-refractivity contribution in [1.29, 1.82) is 0 Å². The highest BCUT2D eigenvalue weighted by Gasteiger charge is 2.22. The normalized spacial score (nSPS) is 11.7. The maximum absolute atomic E-state index is 11.9. The van der Waals surface area contributed by atoms with Gasteiger partial charge in [0.2, 0.25) is 10.0 Å². The van der Waals surface area contributed by atoms with Crippen molar-refractivity contribution in [3.05, 3.63) is 14.7 Å². The number of rotatable bonds is 7. The zero-order valence-corrected chi connectivity index (χ0v) is 12.7. The van der Waals surface area contributed by atoms with Gasteiger partial charge in [0.05, 0.1) is 10.4 Å². The highest BCUT2D eigenvalue weighted by atomic mass is 79.9. The van der Waals surface area contributed by atoms with E-state index in [-0.39, 0.29) is 26.7 Å². The Balaban J connectivity index is 2.81. The molecule has 1 rings (SSSR count). The number of ether oxygens (including phenoxy) is 1. The molecule has 0 atom stereocenters. The zero-order valence-electron chi connectivity index (χ0n) is 9.47. The molecule has 0 amide bonds. The van der Waals surface area contributed by atoms with E-state index < -0.39 is 16.0 Å². The van der Waals surface area contributed by atoms with Crippen LogP contribution in [0.15, 0.2) is 14.7 Å². The van der Waals surface area contributed by atoms with E-state index in [0.717, 1.165) is 17.4 Å². The van der Waals surface area contributed by atoms with Gasteiger partial charge in [-0.2, -0.15) is 0 Å². The fourth-order valence-electron chi connectivity index (χ4n) is 1.11. The van der Waals surface area contributed by atoms with Gasteiger partial charge in [0.15, 0.2) is 0 Å². The Morgan fingerprint density at radius 3 is 2.78 bits per heavy atom. The van der Waals surface area contributed by atoms with Crippen molar-refractivity contribution in [3.63, 3.8) is 0 Å². The molecule has 0 aromatic carbocycles. The van der Waals surface area contributed by atoms with E-state index in [0.29, 0.717) is 6.61 Å². The SMILES string of the molecule is CCOCCNS(=O)(=O)c1cc(C(=O)O)sc1Br. The Labute approximate surface area is 117 Å². The first kappa shape index (κ1) is 15.6. The largest absolute Gasteiger partial charge is 0.477 e. The van der Waals surface area contributed by atoms with Gasteiger partial charge in [-0.05, 0) is 28.9 Å². The van der Waals surface area contributed by atoms with Crippen LogP contribution < -0.4 is 4.72 Å². The second-order valence-corrected chi connectivity index (χ2v) is 7.25. The molecule has 6 nitrogen and oxygen atoms in total. The number of thiophene rings is 1. The van der Waals surface area contributed by atoms with E-state index >= 15 is 0 Å². The minimum Gasteiger partial charge on any atom is -0.477 e. The zero-order chi connectivity index (χ0) is 13.8. The monoisotopic (exact) mass is 357 g/mol. The van der Waals surface area contributed by atoms with Gasteiger partial charge < -0.3 is 9.84 Å². The summed E-state index contributed by atoms with van der Waals surface area (Å²) in [5.41, 5.74) is 0. The Bertz CT molecular complexity index is 525. The second kappa shape index (κ2) is 6.62. The van der Waals surface area contributed by atoms with Gasteiger partial charge in [-0.3, -0.25) is 0 Å². The van der Waals surface area contributed by atoms with Crippen LogP contribution in [0.3, 0.4) is 0 Å². The van der Waals surface area contributed by atoms with Crippen molar-refractivity contribution in [3.8, 4) is 0 Å². The molecule has 0 radical (unpaired) electrons. The van der Waals surface area contributed by atoms with Crippen LogP contribution in [-0.4, -0.2) is 39.3 Å². The number of hydrogen-bond acceptors (Lipinski definition) is 5. The number of hydrogen-bond donors (Lipinski definition) is 2. The summed E-state index contributed by atoms with van der Waals surface area (Å²) in [6.45, 7) is 2.72. The first-order valence-corrected chi connectivity index (χ1v) is 8.07. The van der Waals surface area contributed by atoms with E-state index in [1.165, 1.54) is 0 Å².